The van der Waals surface area contributed by atoms with Crippen LogP contribution < -0.4 is 5.32 Å². The van der Waals surface area contributed by atoms with E-state index in [4.69, 9.17) is 16.3 Å². The molecule has 0 saturated heterocycles. The van der Waals surface area contributed by atoms with E-state index < -0.39 is 6.09 Å². The third-order valence-electron chi connectivity index (χ3n) is 3.73. The van der Waals surface area contributed by atoms with Gasteiger partial charge in [0.25, 0.3) is 0 Å². The van der Waals surface area contributed by atoms with Gasteiger partial charge in [0.2, 0.25) is 5.91 Å². The summed E-state index contributed by atoms with van der Waals surface area (Å²) in [5.74, 6) is 0.238. The number of amides is 2. The van der Waals surface area contributed by atoms with Gasteiger partial charge >= 0.3 is 6.09 Å². The lowest BCUT2D eigenvalue weighted by molar-refractivity contribution is -0.132. The number of nitrogens with zero attached hydrogens (tertiary/aromatic N) is 1. The molecule has 0 aromatic carbocycles. The fourth-order valence-corrected chi connectivity index (χ4v) is 2.35. The highest BCUT2D eigenvalue weighted by Crippen LogP contribution is 2.25. The molecule has 1 fully saturated rings. The van der Waals surface area contributed by atoms with Crippen LogP contribution in [-0.4, -0.2) is 48.0 Å². The third kappa shape index (κ3) is 6.12. The molecular formula is C15H27ClN2O3. The minimum Gasteiger partial charge on any atom is -0.449 e. The zero-order valence-electron chi connectivity index (χ0n) is 13.2. The molecule has 21 heavy (non-hydrogen) atoms. The highest BCUT2D eigenvalue weighted by Gasteiger charge is 2.30. The number of rotatable bonds is 8. The molecule has 1 saturated carbocycles. The Morgan fingerprint density at radius 3 is 2.48 bits per heavy atom. The van der Waals surface area contributed by atoms with Crippen LogP contribution in [0.3, 0.4) is 0 Å². The zero-order chi connectivity index (χ0) is 15.8. The standard InChI is InChI=1S/C15H27ClN2O3/c1-4-12(17-15(20)21-10-11(2)3)9-18(14(19)8-16)13-6-5-7-13/h11-13H,4-10H2,1-3H3,(H,17,20). The van der Waals surface area contributed by atoms with Gasteiger partial charge in [0.1, 0.15) is 5.88 Å². The molecule has 0 heterocycles. The van der Waals surface area contributed by atoms with Crippen molar-refractivity contribution in [2.24, 2.45) is 5.92 Å². The number of nitrogens with one attached hydrogen (secondary N) is 1. The van der Waals surface area contributed by atoms with Crippen LogP contribution in [0.4, 0.5) is 4.79 Å². The molecule has 6 heteroatoms. The topological polar surface area (TPSA) is 58.6 Å². The molecule has 1 rings (SSSR count). The minimum absolute atomic E-state index is 0.00920. The lowest BCUT2D eigenvalue weighted by Crippen LogP contribution is -2.52. The van der Waals surface area contributed by atoms with Gasteiger partial charge in [-0.1, -0.05) is 20.8 Å². The first-order valence-electron chi connectivity index (χ1n) is 7.76. The Balaban J connectivity index is 2.49. The molecule has 122 valence electrons. The Morgan fingerprint density at radius 2 is 2.05 bits per heavy atom. The predicted octanol–water partition coefficient (Wildman–Crippen LogP) is 2.77. The highest BCUT2D eigenvalue weighted by atomic mass is 35.5. The summed E-state index contributed by atoms with van der Waals surface area (Å²) in [5, 5.41) is 2.84. The van der Waals surface area contributed by atoms with Crippen molar-refractivity contribution in [3.63, 3.8) is 0 Å². The average molecular weight is 319 g/mol. The number of halogens is 1. The molecule has 2 amide bonds. The Bertz CT molecular complexity index is 346. The van der Waals surface area contributed by atoms with Crippen LogP contribution >= 0.6 is 11.6 Å². The predicted molar refractivity (Wildman–Crippen MR) is 83.5 cm³/mol. The quantitative estimate of drug-likeness (QED) is 0.700. The van der Waals surface area contributed by atoms with Crippen LogP contribution in [-0.2, 0) is 9.53 Å². The molecule has 1 unspecified atom stereocenters. The molecule has 0 aliphatic heterocycles. The molecule has 0 spiro atoms. The first-order valence-corrected chi connectivity index (χ1v) is 8.30. The SMILES string of the molecule is CCC(CN(C(=O)CCl)C1CCC1)NC(=O)OCC(C)C. The molecule has 0 radical (unpaired) electrons. The molecule has 0 bridgehead atoms. The van der Waals surface area contributed by atoms with Gasteiger partial charge in [-0.15, -0.1) is 11.6 Å². The Kier molecular flexibility index (Phi) is 7.86. The normalized spacial score (nSPS) is 16.2. The van der Waals surface area contributed by atoms with Crippen LogP contribution in [0, 0.1) is 5.92 Å². The summed E-state index contributed by atoms with van der Waals surface area (Å²) >= 11 is 5.69. The molecule has 1 N–H and O–H groups in total. The van der Waals surface area contributed by atoms with Crippen molar-refractivity contribution in [2.75, 3.05) is 19.0 Å². The fourth-order valence-electron chi connectivity index (χ4n) is 2.19. The van der Waals surface area contributed by atoms with Gasteiger partial charge in [-0.05, 0) is 31.6 Å². The van der Waals surface area contributed by atoms with Gasteiger partial charge in [0.15, 0.2) is 0 Å². The van der Waals surface area contributed by atoms with Gasteiger partial charge in [-0.25, -0.2) is 4.79 Å². The van der Waals surface area contributed by atoms with E-state index in [1.165, 1.54) is 0 Å². The first-order chi connectivity index (χ1) is 9.97. The number of alkyl carbamates (subject to hydrolysis) is 1. The Morgan fingerprint density at radius 1 is 1.38 bits per heavy atom. The molecule has 1 aliphatic rings. The summed E-state index contributed by atoms with van der Waals surface area (Å²) in [6, 6.07) is 0.177. The van der Waals surface area contributed by atoms with Gasteiger partial charge < -0.3 is 15.0 Å². The third-order valence-corrected chi connectivity index (χ3v) is 3.96. The van der Waals surface area contributed by atoms with E-state index in [9.17, 15) is 9.59 Å². The van der Waals surface area contributed by atoms with Crippen molar-refractivity contribution in [3.05, 3.63) is 0 Å². The summed E-state index contributed by atoms with van der Waals surface area (Å²) in [5.41, 5.74) is 0. The summed E-state index contributed by atoms with van der Waals surface area (Å²) in [6.07, 6.45) is 3.53. The van der Waals surface area contributed by atoms with Gasteiger partial charge in [0, 0.05) is 18.6 Å². The lowest BCUT2D eigenvalue weighted by atomic mass is 9.91. The van der Waals surface area contributed by atoms with Crippen LogP contribution in [0.2, 0.25) is 0 Å². The maximum Gasteiger partial charge on any atom is 0.407 e. The highest BCUT2D eigenvalue weighted by molar-refractivity contribution is 6.27. The molecular weight excluding hydrogens is 292 g/mol. The summed E-state index contributed by atoms with van der Waals surface area (Å²) in [4.78, 5) is 25.5. The molecule has 1 atom stereocenters. The number of ether oxygens (including phenoxy) is 1. The van der Waals surface area contributed by atoms with Crippen molar-refractivity contribution < 1.29 is 14.3 Å². The van der Waals surface area contributed by atoms with Crippen molar-refractivity contribution in [1.29, 1.82) is 0 Å². The summed E-state index contributed by atoms with van der Waals surface area (Å²) < 4.78 is 5.13. The van der Waals surface area contributed by atoms with E-state index in [-0.39, 0.29) is 23.9 Å². The monoisotopic (exact) mass is 318 g/mol. The number of carbonyl (C=O) groups excluding carboxylic acids is 2. The largest absolute Gasteiger partial charge is 0.449 e. The fraction of sp³-hybridized carbons (Fsp3) is 0.867. The van der Waals surface area contributed by atoms with Crippen molar-refractivity contribution in [1.82, 2.24) is 10.2 Å². The second kappa shape index (κ2) is 9.13. The summed E-state index contributed by atoms with van der Waals surface area (Å²) in [7, 11) is 0. The van der Waals surface area contributed by atoms with Crippen LogP contribution in [0.5, 0.6) is 0 Å². The summed E-state index contributed by atoms with van der Waals surface area (Å²) in [6.45, 7) is 6.86. The van der Waals surface area contributed by atoms with E-state index in [0.29, 0.717) is 19.1 Å². The van der Waals surface area contributed by atoms with E-state index in [1.54, 1.807) is 0 Å². The lowest BCUT2D eigenvalue weighted by Gasteiger charge is -2.39. The van der Waals surface area contributed by atoms with Crippen LogP contribution in [0.15, 0.2) is 0 Å². The van der Waals surface area contributed by atoms with E-state index >= 15 is 0 Å². The van der Waals surface area contributed by atoms with Crippen molar-refractivity contribution >= 4 is 23.6 Å². The van der Waals surface area contributed by atoms with E-state index in [2.05, 4.69) is 5.32 Å². The number of alkyl halides is 1. The maximum absolute atomic E-state index is 11.9. The van der Waals surface area contributed by atoms with Crippen LogP contribution in [0.25, 0.3) is 0 Å². The van der Waals surface area contributed by atoms with E-state index in [0.717, 1.165) is 25.7 Å². The van der Waals surface area contributed by atoms with Crippen LogP contribution in [0.1, 0.15) is 46.5 Å². The average Bonchev–Trinajstić information content (AvgIpc) is 2.40. The molecule has 5 nitrogen and oxygen atoms in total. The molecule has 0 aromatic rings. The van der Waals surface area contributed by atoms with Gasteiger partial charge in [0.05, 0.1) is 6.61 Å². The minimum atomic E-state index is -0.414. The van der Waals surface area contributed by atoms with Crippen molar-refractivity contribution in [3.8, 4) is 0 Å². The smallest absolute Gasteiger partial charge is 0.407 e. The second-order valence-electron chi connectivity index (χ2n) is 6.01. The molecule has 1 aliphatic carbocycles. The zero-order valence-corrected chi connectivity index (χ0v) is 14.0. The van der Waals surface area contributed by atoms with Crippen molar-refractivity contribution in [2.45, 2.75) is 58.5 Å². The number of carbonyl (C=O) groups is 2. The van der Waals surface area contributed by atoms with E-state index in [1.807, 2.05) is 25.7 Å². The Hall–Kier alpha value is -0.970. The van der Waals surface area contributed by atoms with Gasteiger partial charge in [-0.3, -0.25) is 4.79 Å². The second-order valence-corrected chi connectivity index (χ2v) is 6.27. The number of hydrogen-bond donors (Lipinski definition) is 1. The van der Waals surface area contributed by atoms with Gasteiger partial charge in [-0.2, -0.15) is 0 Å². The number of hydrogen-bond acceptors (Lipinski definition) is 3. The molecule has 0 aromatic heterocycles. The maximum atomic E-state index is 11.9. The first kappa shape index (κ1) is 18.1. The Labute approximate surface area is 132 Å².